The molecule has 0 saturated carbocycles. The molecule has 2 aromatic rings. The number of nitrogens with one attached hydrogen (secondary N) is 1. The Kier molecular flexibility index (Phi) is 4.91. The summed E-state index contributed by atoms with van der Waals surface area (Å²) in [7, 11) is 0. The lowest BCUT2D eigenvalue weighted by Crippen LogP contribution is -2.54. The van der Waals surface area contributed by atoms with Gasteiger partial charge in [0.1, 0.15) is 10.7 Å². The lowest BCUT2D eigenvalue weighted by atomic mass is 10.1. The largest absolute Gasteiger partial charge is 0.463 e. The van der Waals surface area contributed by atoms with E-state index in [0.29, 0.717) is 0 Å². The molecular weight excluding hydrogens is 324 g/mol. The number of amides is 2. The van der Waals surface area contributed by atoms with Crippen LogP contribution in [0.15, 0.2) is 28.2 Å². The monoisotopic (exact) mass is 348 g/mol. The fourth-order valence-corrected chi connectivity index (χ4v) is 3.45. The molecule has 0 atom stereocenters. The molecule has 0 aromatic carbocycles. The van der Waals surface area contributed by atoms with Gasteiger partial charge in [0.05, 0.1) is 12.8 Å². The van der Waals surface area contributed by atoms with Gasteiger partial charge in [0.25, 0.3) is 0 Å². The molecule has 1 N–H and O–H groups in total. The molecule has 1 aliphatic heterocycles. The van der Waals surface area contributed by atoms with E-state index < -0.39 is 0 Å². The van der Waals surface area contributed by atoms with E-state index in [1.54, 1.807) is 17.6 Å². The van der Waals surface area contributed by atoms with Crippen LogP contribution in [-0.4, -0.2) is 52.5 Å². The minimum absolute atomic E-state index is 0.0245. The Morgan fingerprint density at radius 2 is 2.08 bits per heavy atom. The number of hydrogen-bond acceptors (Lipinski definition) is 5. The fraction of sp³-hybridized carbons (Fsp3) is 0.529. The molecule has 0 aliphatic carbocycles. The minimum atomic E-state index is -0.197. The van der Waals surface area contributed by atoms with Gasteiger partial charge in [-0.1, -0.05) is 0 Å². The zero-order valence-electron chi connectivity index (χ0n) is 14.4. The van der Waals surface area contributed by atoms with E-state index in [4.69, 9.17) is 4.42 Å². The first-order chi connectivity index (χ1) is 11.4. The molecule has 130 valence electrons. The summed E-state index contributed by atoms with van der Waals surface area (Å²) >= 11 is 1.65. The second kappa shape index (κ2) is 6.94. The van der Waals surface area contributed by atoms with E-state index in [1.165, 1.54) is 0 Å². The summed E-state index contributed by atoms with van der Waals surface area (Å²) in [4.78, 5) is 21.1. The van der Waals surface area contributed by atoms with Crippen LogP contribution >= 0.6 is 11.3 Å². The topological polar surface area (TPSA) is 61.6 Å². The molecule has 6 nitrogen and oxygen atoms in total. The molecule has 3 heterocycles. The molecule has 0 radical (unpaired) electrons. The number of furan rings is 1. The molecule has 7 heteroatoms. The standard InChI is InChI=1S/C17H24N4O2S/c1-17(2,3)19-16(22)21-8-6-20(7-9-21)11-15-18-13(12-24-15)14-5-4-10-23-14/h4-5,10,12H,6-9,11H2,1-3H3,(H,19,22). The number of carbonyl (C=O) groups is 1. The van der Waals surface area contributed by atoms with Crippen LogP contribution < -0.4 is 5.32 Å². The van der Waals surface area contributed by atoms with Crippen molar-refractivity contribution < 1.29 is 9.21 Å². The van der Waals surface area contributed by atoms with Crippen molar-refractivity contribution in [1.82, 2.24) is 20.1 Å². The maximum atomic E-state index is 12.2. The van der Waals surface area contributed by atoms with Gasteiger partial charge in [-0.25, -0.2) is 9.78 Å². The molecular formula is C17H24N4O2S. The van der Waals surface area contributed by atoms with Crippen LogP contribution in [0.3, 0.4) is 0 Å². The Labute approximate surface area is 146 Å². The highest BCUT2D eigenvalue weighted by Crippen LogP contribution is 2.23. The third kappa shape index (κ3) is 4.36. The molecule has 2 amide bonds. The van der Waals surface area contributed by atoms with Gasteiger partial charge < -0.3 is 14.6 Å². The van der Waals surface area contributed by atoms with E-state index in [1.807, 2.05) is 43.2 Å². The summed E-state index contributed by atoms with van der Waals surface area (Å²) in [5, 5.41) is 6.13. The first kappa shape index (κ1) is 17.0. The average Bonchev–Trinajstić information content (AvgIpc) is 3.16. The Bertz CT molecular complexity index is 667. The predicted molar refractivity (Wildman–Crippen MR) is 95.0 cm³/mol. The molecule has 24 heavy (non-hydrogen) atoms. The lowest BCUT2D eigenvalue weighted by Gasteiger charge is -2.36. The first-order valence-corrected chi connectivity index (χ1v) is 9.06. The molecule has 1 saturated heterocycles. The fourth-order valence-electron chi connectivity index (χ4n) is 2.62. The third-order valence-corrected chi connectivity index (χ3v) is 4.66. The van der Waals surface area contributed by atoms with E-state index in [-0.39, 0.29) is 11.6 Å². The minimum Gasteiger partial charge on any atom is -0.463 e. The number of aromatic nitrogens is 1. The van der Waals surface area contributed by atoms with Crippen molar-refractivity contribution in [3.63, 3.8) is 0 Å². The smallest absolute Gasteiger partial charge is 0.317 e. The lowest BCUT2D eigenvalue weighted by molar-refractivity contribution is 0.131. The number of thiazole rings is 1. The van der Waals surface area contributed by atoms with Gasteiger partial charge in [0.15, 0.2) is 5.76 Å². The van der Waals surface area contributed by atoms with Crippen LogP contribution in [0.4, 0.5) is 4.79 Å². The van der Waals surface area contributed by atoms with Crippen LogP contribution in [-0.2, 0) is 6.54 Å². The second-order valence-corrected chi connectivity index (χ2v) is 7.99. The van der Waals surface area contributed by atoms with Gasteiger partial charge in [0, 0.05) is 37.1 Å². The highest BCUT2D eigenvalue weighted by atomic mass is 32.1. The third-order valence-electron chi connectivity index (χ3n) is 3.83. The van der Waals surface area contributed by atoms with Crippen molar-refractivity contribution in [3.8, 4) is 11.5 Å². The molecule has 2 aromatic heterocycles. The zero-order chi connectivity index (χ0) is 17.2. The van der Waals surface area contributed by atoms with Crippen LogP contribution in [0.5, 0.6) is 0 Å². The number of urea groups is 1. The average molecular weight is 348 g/mol. The Balaban J connectivity index is 1.50. The van der Waals surface area contributed by atoms with Gasteiger partial charge in [-0.2, -0.15) is 0 Å². The highest BCUT2D eigenvalue weighted by molar-refractivity contribution is 7.09. The van der Waals surface area contributed by atoms with E-state index in [2.05, 4.69) is 15.2 Å². The van der Waals surface area contributed by atoms with Crippen LogP contribution in [0.1, 0.15) is 25.8 Å². The summed E-state index contributed by atoms with van der Waals surface area (Å²) in [6.45, 7) is 10.1. The molecule has 3 rings (SSSR count). The molecule has 1 aliphatic rings. The summed E-state index contributed by atoms with van der Waals surface area (Å²) < 4.78 is 5.38. The van der Waals surface area contributed by atoms with Crippen LogP contribution in [0.2, 0.25) is 0 Å². The molecule has 0 bridgehead atoms. The first-order valence-electron chi connectivity index (χ1n) is 8.18. The Morgan fingerprint density at radius 3 is 2.71 bits per heavy atom. The van der Waals surface area contributed by atoms with Crippen molar-refractivity contribution in [3.05, 3.63) is 28.8 Å². The van der Waals surface area contributed by atoms with Crippen LogP contribution in [0.25, 0.3) is 11.5 Å². The quantitative estimate of drug-likeness (QED) is 0.926. The van der Waals surface area contributed by atoms with E-state index in [0.717, 1.165) is 49.2 Å². The normalized spacial score (nSPS) is 16.4. The Hall–Kier alpha value is -1.86. The van der Waals surface area contributed by atoms with Gasteiger partial charge in [-0.05, 0) is 32.9 Å². The summed E-state index contributed by atoms with van der Waals surface area (Å²) in [5.74, 6) is 0.807. The SMILES string of the molecule is CC(C)(C)NC(=O)N1CCN(Cc2nc(-c3ccco3)cs2)CC1. The van der Waals surface area contributed by atoms with E-state index >= 15 is 0 Å². The number of carbonyl (C=O) groups excluding carboxylic acids is 1. The van der Waals surface area contributed by atoms with Gasteiger partial charge in [0.2, 0.25) is 0 Å². The molecule has 0 spiro atoms. The Morgan fingerprint density at radius 1 is 1.33 bits per heavy atom. The zero-order valence-corrected chi connectivity index (χ0v) is 15.2. The van der Waals surface area contributed by atoms with Crippen LogP contribution in [0, 0.1) is 0 Å². The van der Waals surface area contributed by atoms with Gasteiger partial charge in [-0.3, -0.25) is 4.90 Å². The van der Waals surface area contributed by atoms with Crippen molar-refractivity contribution in [1.29, 1.82) is 0 Å². The number of hydrogen-bond donors (Lipinski definition) is 1. The maximum absolute atomic E-state index is 12.2. The van der Waals surface area contributed by atoms with Crippen molar-refractivity contribution in [2.45, 2.75) is 32.9 Å². The van der Waals surface area contributed by atoms with Crippen molar-refractivity contribution in [2.24, 2.45) is 0 Å². The number of rotatable bonds is 3. The second-order valence-electron chi connectivity index (χ2n) is 7.05. The molecule has 0 unspecified atom stereocenters. The van der Waals surface area contributed by atoms with Gasteiger partial charge in [-0.15, -0.1) is 11.3 Å². The molecule has 1 fully saturated rings. The van der Waals surface area contributed by atoms with Crippen molar-refractivity contribution >= 4 is 17.4 Å². The van der Waals surface area contributed by atoms with Crippen molar-refractivity contribution in [2.75, 3.05) is 26.2 Å². The number of nitrogens with zero attached hydrogens (tertiary/aromatic N) is 3. The number of piperazine rings is 1. The summed E-state index contributed by atoms with van der Waals surface area (Å²) in [6.07, 6.45) is 1.66. The van der Waals surface area contributed by atoms with E-state index in [9.17, 15) is 4.79 Å². The maximum Gasteiger partial charge on any atom is 0.317 e. The van der Waals surface area contributed by atoms with Gasteiger partial charge >= 0.3 is 6.03 Å². The predicted octanol–water partition coefficient (Wildman–Crippen LogP) is 3.03. The highest BCUT2D eigenvalue weighted by Gasteiger charge is 2.24. The summed E-state index contributed by atoms with van der Waals surface area (Å²) in [5.41, 5.74) is 0.695. The summed E-state index contributed by atoms with van der Waals surface area (Å²) in [6, 6.07) is 3.82.